The number of aromatic hydroxyl groups is 1. The summed E-state index contributed by atoms with van der Waals surface area (Å²) in [7, 11) is 0. The number of rotatable bonds is 3. The third-order valence-corrected chi connectivity index (χ3v) is 4.68. The molecule has 3 rings (SSSR count). The average molecular weight is 371 g/mol. The number of carboxylic acids is 1. The molecule has 0 aliphatic rings. The summed E-state index contributed by atoms with van der Waals surface area (Å²) in [6, 6.07) is 6.53. The predicted molar refractivity (Wildman–Crippen MR) is 91.8 cm³/mol. The van der Waals surface area contributed by atoms with Crippen LogP contribution in [0.25, 0.3) is 22.0 Å². The Balaban J connectivity index is 2.30. The number of carbonyl (C=O) groups is 1. The summed E-state index contributed by atoms with van der Waals surface area (Å²) in [6.45, 7) is 0. The van der Waals surface area contributed by atoms with Crippen LogP contribution in [-0.4, -0.2) is 21.2 Å². The highest BCUT2D eigenvalue weighted by Crippen LogP contribution is 2.45. The number of aromatic amines is 1. The van der Waals surface area contributed by atoms with Gasteiger partial charge in [-0.2, -0.15) is 0 Å². The Labute approximate surface area is 146 Å². The number of fused-ring (bicyclic) bond motifs is 1. The molecule has 0 amide bonds. The summed E-state index contributed by atoms with van der Waals surface area (Å²) in [6.07, 6.45) is 1.34. The molecule has 23 heavy (non-hydrogen) atoms. The van der Waals surface area contributed by atoms with Crippen LogP contribution in [0.2, 0.25) is 15.1 Å². The topological polar surface area (TPSA) is 73.3 Å². The van der Waals surface area contributed by atoms with Gasteiger partial charge >= 0.3 is 5.97 Å². The molecule has 0 atom stereocenters. The summed E-state index contributed by atoms with van der Waals surface area (Å²) in [5.74, 6) is -1.08. The molecule has 0 spiro atoms. The molecule has 0 saturated carbocycles. The van der Waals surface area contributed by atoms with Crippen molar-refractivity contribution in [3.8, 4) is 16.9 Å². The Morgan fingerprint density at radius 1 is 1.09 bits per heavy atom. The third kappa shape index (κ3) is 2.74. The lowest BCUT2D eigenvalue weighted by Gasteiger charge is -2.12. The molecule has 2 aromatic carbocycles. The number of hydrogen-bond acceptors (Lipinski definition) is 2. The summed E-state index contributed by atoms with van der Waals surface area (Å²) >= 11 is 18.5. The number of H-pyrrole nitrogens is 1. The Morgan fingerprint density at radius 2 is 1.78 bits per heavy atom. The van der Waals surface area contributed by atoms with Crippen molar-refractivity contribution in [2.75, 3.05) is 0 Å². The van der Waals surface area contributed by atoms with Crippen LogP contribution in [0, 0.1) is 0 Å². The van der Waals surface area contributed by atoms with Crippen molar-refractivity contribution in [1.29, 1.82) is 0 Å². The van der Waals surface area contributed by atoms with Gasteiger partial charge in [-0.05, 0) is 29.8 Å². The summed E-state index contributed by atoms with van der Waals surface area (Å²) in [5.41, 5.74) is 1.89. The molecular formula is C16H10Cl3NO3. The molecule has 0 saturated heterocycles. The first-order chi connectivity index (χ1) is 10.9. The van der Waals surface area contributed by atoms with E-state index in [9.17, 15) is 9.90 Å². The molecule has 0 bridgehead atoms. The van der Waals surface area contributed by atoms with Crippen molar-refractivity contribution < 1.29 is 15.0 Å². The van der Waals surface area contributed by atoms with Gasteiger partial charge in [0, 0.05) is 28.2 Å². The highest BCUT2D eigenvalue weighted by Gasteiger charge is 2.19. The maximum absolute atomic E-state index is 11.0. The Kier molecular flexibility index (Phi) is 4.15. The van der Waals surface area contributed by atoms with Crippen LogP contribution in [0.3, 0.4) is 0 Å². The number of halogens is 3. The second-order valence-electron chi connectivity index (χ2n) is 4.99. The molecule has 118 valence electrons. The number of phenols is 1. The van der Waals surface area contributed by atoms with E-state index in [4.69, 9.17) is 39.9 Å². The lowest BCUT2D eigenvalue weighted by Crippen LogP contribution is -1.99. The van der Waals surface area contributed by atoms with Crippen molar-refractivity contribution in [2.24, 2.45) is 0 Å². The van der Waals surface area contributed by atoms with Crippen LogP contribution >= 0.6 is 34.8 Å². The molecule has 3 N–H and O–H groups in total. The van der Waals surface area contributed by atoms with Gasteiger partial charge in [0.1, 0.15) is 5.75 Å². The van der Waals surface area contributed by atoms with Gasteiger partial charge in [-0.15, -0.1) is 0 Å². The molecule has 1 heterocycles. The Bertz CT molecular complexity index is 934. The first-order valence-corrected chi connectivity index (χ1v) is 7.71. The number of nitrogens with one attached hydrogen (secondary N) is 1. The van der Waals surface area contributed by atoms with Crippen molar-refractivity contribution in [3.05, 3.63) is 51.1 Å². The monoisotopic (exact) mass is 369 g/mol. The van der Waals surface area contributed by atoms with Gasteiger partial charge in [0.25, 0.3) is 0 Å². The van der Waals surface area contributed by atoms with Gasteiger partial charge in [0.15, 0.2) is 0 Å². The van der Waals surface area contributed by atoms with Crippen LogP contribution < -0.4 is 0 Å². The molecule has 0 aliphatic heterocycles. The van der Waals surface area contributed by atoms with Crippen LogP contribution in [0.1, 0.15) is 5.56 Å². The summed E-state index contributed by atoms with van der Waals surface area (Å²) in [4.78, 5) is 13.9. The first kappa shape index (κ1) is 16.0. The second kappa shape index (κ2) is 5.96. The normalized spacial score (nSPS) is 11.1. The maximum Gasteiger partial charge on any atom is 0.307 e. The van der Waals surface area contributed by atoms with E-state index in [1.54, 1.807) is 30.5 Å². The minimum absolute atomic E-state index is 0.0916. The predicted octanol–water partition coefficient (Wildman–Crippen LogP) is 5.13. The van der Waals surface area contributed by atoms with Crippen LogP contribution in [0.15, 0.2) is 30.5 Å². The maximum atomic E-state index is 11.0. The Hall–Kier alpha value is -1.88. The highest BCUT2D eigenvalue weighted by atomic mass is 35.5. The van der Waals surface area contributed by atoms with Gasteiger partial charge in [-0.1, -0.05) is 34.8 Å². The van der Waals surface area contributed by atoms with Crippen molar-refractivity contribution >= 4 is 51.7 Å². The lowest BCUT2D eigenvalue weighted by atomic mass is 10.00. The fraction of sp³-hybridized carbons (Fsp3) is 0.0625. The fourth-order valence-electron chi connectivity index (χ4n) is 2.55. The van der Waals surface area contributed by atoms with Gasteiger partial charge < -0.3 is 15.2 Å². The van der Waals surface area contributed by atoms with E-state index in [0.29, 0.717) is 37.6 Å². The van der Waals surface area contributed by atoms with Crippen LogP contribution in [0.4, 0.5) is 0 Å². The summed E-state index contributed by atoms with van der Waals surface area (Å²) in [5, 5.41) is 20.9. The smallest absolute Gasteiger partial charge is 0.307 e. The first-order valence-electron chi connectivity index (χ1n) is 6.57. The van der Waals surface area contributed by atoms with Gasteiger partial charge in [0.05, 0.1) is 21.5 Å². The number of aliphatic carboxylic acids is 1. The molecule has 0 aliphatic carbocycles. The molecular weight excluding hydrogens is 361 g/mol. The number of hydrogen-bond donors (Lipinski definition) is 3. The van der Waals surface area contributed by atoms with E-state index in [1.165, 1.54) is 0 Å². The quantitative estimate of drug-likeness (QED) is 0.560. The summed E-state index contributed by atoms with van der Waals surface area (Å²) < 4.78 is 0. The van der Waals surface area contributed by atoms with Crippen LogP contribution in [-0.2, 0) is 11.2 Å². The van der Waals surface area contributed by atoms with E-state index in [0.717, 1.165) is 0 Å². The standard InChI is InChI=1S/C16H10Cl3NO3/c17-9-2-3-10(18)15(19)14(9)8-1-4-11-13(16(8)23)7(6-20-11)5-12(21)22/h1-4,6,20,23H,5H2,(H,21,22). The molecule has 0 fully saturated rings. The molecule has 7 heteroatoms. The highest BCUT2D eigenvalue weighted by molar-refractivity contribution is 6.46. The van der Waals surface area contributed by atoms with E-state index in [1.807, 2.05) is 0 Å². The van der Waals surface area contributed by atoms with Crippen LogP contribution in [0.5, 0.6) is 5.75 Å². The minimum atomic E-state index is -0.991. The second-order valence-corrected chi connectivity index (χ2v) is 6.18. The van der Waals surface area contributed by atoms with E-state index < -0.39 is 5.97 Å². The number of phenolic OH excluding ortho intramolecular Hbond substituents is 1. The third-order valence-electron chi connectivity index (χ3n) is 3.56. The molecule has 3 aromatic rings. The van der Waals surface area contributed by atoms with Gasteiger partial charge in [0.2, 0.25) is 0 Å². The molecule has 0 radical (unpaired) electrons. The molecule has 4 nitrogen and oxygen atoms in total. The number of benzene rings is 2. The minimum Gasteiger partial charge on any atom is -0.507 e. The molecule has 0 unspecified atom stereocenters. The number of carboxylic acid groups (broad SMARTS) is 1. The largest absolute Gasteiger partial charge is 0.507 e. The molecule has 1 aromatic heterocycles. The zero-order valence-corrected chi connectivity index (χ0v) is 13.8. The van der Waals surface area contributed by atoms with E-state index in [2.05, 4.69) is 4.98 Å². The zero-order chi connectivity index (χ0) is 16.7. The van der Waals surface area contributed by atoms with E-state index in [-0.39, 0.29) is 17.2 Å². The average Bonchev–Trinajstić information content (AvgIpc) is 2.89. The fourth-order valence-corrected chi connectivity index (χ4v) is 3.28. The van der Waals surface area contributed by atoms with Gasteiger partial charge in [-0.3, -0.25) is 4.79 Å². The lowest BCUT2D eigenvalue weighted by molar-refractivity contribution is -0.136. The van der Waals surface area contributed by atoms with Crippen molar-refractivity contribution in [1.82, 2.24) is 4.98 Å². The van der Waals surface area contributed by atoms with E-state index >= 15 is 0 Å². The van der Waals surface area contributed by atoms with Crippen molar-refractivity contribution in [3.63, 3.8) is 0 Å². The number of aromatic nitrogens is 1. The van der Waals surface area contributed by atoms with Crippen molar-refractivity contribution in [2.45, 2.75) is 6.42 Å². The SMILES string of the molecule is O=C(O)Cc1c[nH]c2ccc(-c3c(Cl)ccc(Cl)c3Cl)c(O)c12. The zero-order valence-electron chi connectivity index (χ0n) is 11.5. The Morgan fingerprint density at radius 3 is 2.48 bits per heavy atom. The van der Waals surface area contributed by atoms with Gasteiger partial charge in [-0.25, -0.2) is 0 Å².